The van der Waals surface area contributed by atoms with E-state index in [9.17, 15) is 17.6 Å². The molecule has 132 valence electrons. The van der Waals surface area contributed by atoms with Crippen LogP contribution < -0.4 is 4.74 Å². The van der Waals surface area contributed by atoms with Gasteiger partial charge in [-0.1, -0.05) is 0 Å². The van der Waals surface area contributed by atoms with Gasteiger partial charge in [0, 0.05) is 24.7 Å². The number of hydrogen-bond donors (Lipinski definition) is 0. The van der Waals surface area contributed by atoms with Crippen molar-refractivity contribution >= 4 is 0 Å². The average molecular weight is 362 g/mol. The SMILES string of the molecule is Cn1nc(C(F)(F)F)cc1Oc1cc(C#N)cc(-c2ccc(F)cc2)n1. The number of nitriles is 1. The predicted molar refractivity (Wildman–Crippen MR) is 82.6 cm³/mol. The number of rotatable bonds is 3. The molecule has 2 heterocycles. The molecule has 0 radical (unpaired) electrons. The van der Waals surface area contributed by atoms with Gasteiger partial charge in [0.1, 0.15) is 5.82 Å². The van der Waals surface area contributed by atoms with Crippen molar-refractivity contribution in [3.8, 4) is 29.1 Å². The van der Waals surface area contributed by atoms with E-state index < -0.39 is 17.7 Å². The Hall–Kier alpha value is -3.41. The van der Waals surface area contributed by atoms with Crippen molar-refractivity contribution < 1.29 is 22.3 Å². The van der Waals surface area contributed by atoms with Gasteiger partial charge >= 0.3 is 6.18 Å². The smallest absolute Gasteiger partial charge is 0.421 e. The summed E-state index contributed by atoms with van der Waals surface area (Å²) in [6, 6.07) is 10.8. The van der Waals surface area contributed by atoms with Crippen molar-refractivity contribution in [2.45, 2.75) is 6.18 Å². The van der Waals surface area contributed by atoms with Gasteiger partial charge in [-0.15, -0.1) is 0 Å². The van der Waals surface area contributed by atoms with Crippen LogP contribution in [0.4, 0.5) is 17.6 Å². The van der Waals surface area contributed by atoms with Crippen LogP contribution in [0.1, 0.15) is 11.3 Å². The highest BCUT2D eigenvalue weighted by molar-refractivity contribution is 5.62. The summed E-state index contributed by atoms with van der Waals surface area (Å²) < 4.78 is 57.6. The number of aromatic nitrogens is 3. The molecule has 0 fully saturated rings. The molecule has 0 atom stereocenters. The minimum Gasteiger partial charge on any atom is -0.421 e. The fourth-order valence-corrected chi connectivity index (χ4v) is 2.18. The van der Waals surface area contributed by atoms with Crippen LogP contribution in [0, 0.1) is 17.1 Å². The number of pyridine rings is 1. The lowest BCUT2D eigenvalue weighted by Gasteiger charge is -2.08. The van der Waals surface area contributed by atoms with Crippen molar-refractivity contribution in [2.24, 2.45) is 7.05 Å². The van der Waals surface area contributed by atoms with E-state index in [0.717, 1.165) is 10.7 Å². The van der Waals surface area contributed by atoms with Crippen molar-refractivity contribution in [1.29, 1.82) is 5.26 Å². The van der Waals surface area contributed by atoms with Crippen LogP contribution >= 0.6 is 0 Å². The molecular weight excluding hydrogens is 352 g/mol. The van der Waals surface area contributed by atoms with Crippen molar-refractivity contribution in [2.75, 3.05) is 0 Å². The van der Waals surface area contributed by atoms with E-state index in [1.54, 1.807) is 0 Å². The van der Waals surface area contributed by atoms with Crippen LogP contribution in [0.5, 0.6) is 11.8 Å². The van der Waals surface area contributed by atoms with Gasteiger partial charge in [0.25, 0.3) is 0 Å². The number of alkyl halides is 3. The first-order valence-corrected chi connectivity index (χ1v) is 7.23. The Morgan fingerprint density at radius 2 is 1.81 bits per heavy atom. The minimum absolute atomic E-state index is 0.0832. The summed E-state index contributed by atoms with van der Waals surface area (Å²) in [5.74, 6) is -0.707. The fraction of sp³-hybridized carbons (Fsp3) is 0.118. The van der Waals surface area contributed by atoms with Gasteiger partial charge in [-0.25, -0.2) is 14.1 Å². The standard InChI is InChI=1S/C17H10F4N4O/c1-25-16(8-14(24-25)17(19,20)21)26-15-7-10(9-22)6-13(23-15)11-2-4-12(18)5-3-11/h2-8H,1H3. The summed E-state index contributed by atoms with van der Waals surface area (Å²) >= 11 is 0. The van der Waals surface area contributed by atoms with Gasteiger partial charge in [-0.2, -0.15) is 23.5 Å². The Balaban J connectivity index is 1.98. The number of hydrogen-bond acceptors (Lipinski definition) is 4. The monoisotopic (exact) mass is 362 g/mol. The molecule has 0 saturated heterocycles. The molecule has 0 aliphatic rings. The molecule has 0 saturated carbocycles. The van der Waals surface area contributed by atoms with E-state index in [0.29, 0.717) is 11.3 Å². The van der Waals surface area contributed by atoms with Crippen LogP contribution in [0.3, 0.4) is 0 Å². The van der Waals surface area contributed by atoms with Gasteiger partial charge < -0.3 is 4.74 Å². The summed E-state index contributed by atoms with van der Waals surface area (Å²) in [5.41, 5.74) is -0.0793. The Bertz CT molecular complexity index is 987. The third-order valence-corrected chi connectivity index (χ3v) is 3.41. The fourth-order valence-electron chi connectivity index (χ4n) is 2.18. The van der Waals surface area contributed by atoms with E-state index in [1.807, 2.05) is 6.07 Å². The number of aryl methyl sites for hydroxylation is 1. The summed E-state index contributed by atoms with van der Waals surface area (Å²) in [7, 11) is 1.29. The molecule has 9 heteroatoms. The van der Waals surface area contributed by atoms with Crippen LogP contribution in [0.2, 0.25) is 0 Å². The molecule has 3 rings (SSSR count). The highest BCUT2D eigenvalue weighted by Gasteiger charge is 2.35. The molecule has 0 spiro atoms. The Kier molecular flexibility index (Phi) is 4.34. The molecule has 3 aromatic rings. The largest absolute Gasteiger partial charge is 0.435 e. The van der Waals surface area contributed by atoms with E-state index >= 15 is 0 Å². The van der Waals surface area contributed by atoms with Gasteiger partial charge in [-0.3, -0.25) is 0 Å². The zero-order valence-electron chi connectivity index (χ0n) is 13.3. The van der Waals surface area contributed by atoms with E-state index in [2.05, 4.69) is 10.1 Å². The van der Waals surface area contributed by atoms with Crippen LogP contribution in [0.15, 0.2) is 42.5 Å². The molecule has 0 aliphatic heterocycles. The van der Waals surface area contributed by atoms with Crippen LogP contribution in [0.25, 0.3) is 11.3 Å². The maximum Gasteiger partial charge on any atom is 0.435 e. The van der Waals surface area contributed by atoms with E-state index in [4.69, 9.17) is 10.00 Å². The first kappa shape index (κ1) is 17.4. The van der Waals surface area contributed by atoms with Gasteiger partial charge in [0.15, 0.2) is 5.69 Å². The highest BCUT2D eigenvalue weighted by atomic mass is 19.4. The summed E-state index contributed by atoms with van der Waals surface area (Å²) in [5, 5.41) is 12.5. The molecule has 0 bridgehead atoms. The van der Waals surface area contributed by atoms with Crippen LogP contribution in [-0.2, 0) is 13.2 Å². The molecule has 26 heavy (non-hydrogen) atoms. The second-order valence-electron chi connectivity index (χ2n) is 5.29. The van der Waals surface area contributed by atoms with Crippen LogP contribution in [-0.4, -0.2) is 14.8 Å². The number of ether oxygens (including phenoxy) is 1. The lowest BCUT2D eigenvalue weighted by molar-refractivity contribution is -0.141. The van der Waals surface area contributed by atoms with Gasteiger partial charge in [0.2, 0.25) is 11.8 Å². The zero-order valence-corrected chi connectivity index (χ0v) is 13.3. The van der Waals surface area contributed by atoms with Gasteiger partial charge in [0.05, 0.1) is 17.3 Å². The number of halogens is 4. The summed E-state index contributed by atoms with van der Waals surface area (Å²) in [4.78, 5) is 4.17. The Morgan fingerprint density at radius 1 is 1.12 bits per heavy atom. The minimum atomic E-state index is -4.61. The first-order valence-electron chi connectivity index (χ1n) is 7.23. The second kappa shape index (κ2) is 6.48. The van der Waals surface area contributed by atoms with Crippen molar-refractivity contribution in [3.63, 3.8) is 0 Å². The molecule has 0 unspecified atom stereocenters. The van der Waals surface area contributed by atoms with E-state index in [-0.39, 0.29) is 17.3 Å². The lowest BCUT2D eigenvalue weighted by Crippen LogP contribution is -2.06. The first-order chi connectivity index (χ1) is 12.3. The Morgan fingerprint density at radius 3 is 2.38 bits per heavy atom. The molecule has 5 nitrogen and oxygen atoms in total. The molecule has 1 aromatic carbocycles. The summed E-state index contributed by atoms with van der Waals surface area (Å²) in [6.45, 7) is 0. The molecular formula is C17H10F4N4O. The highest BCUT2D eigenvalue weighted by Crippen LogP contribution is 2.32. The third kappa shape index (κ3) is 3.64. The maximum absolute atomic E-state index is 13.1. The third-order valence-electron chi connectivity index (χ3n) is 3.41. The van der Waals surface area contributed by atoms with Crippen molar-refractivity contribution in [1.82, 2.24) is 14.8 Å². The van der Waals surface area contributed by atoms with Crippen molar-refractivity contribution in [3.05, 3.63) is 59.5 Å². The molecule has 0 amide bonds. The Labute approximate surface area is 145 Å². The lowest BCUT2D eigenvalue weighted by atomic mass is 10.1. The quantitative estimate of drug-likeness (QED) is 0.652. The topological polar surface area (TPSA) is 63.7 Å². The molecule has 2 aromatic heterocycles. The molecule has 0 N–H and O–H groups in total. The number of nitrogens with zero attached hydrogens (tertiary/aromatic N) is 4. The van der Waals surface area contributed by atoms with E-state index in [1.165, 1.54) is 43.4 Å². The van der Waals surface area contributed by atoms with Gasteiger partial charge in [-0.05, 0) is 30.3 Å². The summed E-state index contributed by atoms with van der Waals surface area (Å²) in [6.07, 6.45) is -4.61. The zero-order chi connectivity index (χ0) is 18.9. The maximum atomic E-state index is 13.1. The molecule has 0 aliphatic carbocycles. The normalized spacial score (nSPS) is 11.2. The number of benzene rings is 1. The second-order valence-corrected chi connectivity index (χ2v) is 5.29. The predicted octanol–water partition coefficient (Wildman–Crippen LogP) is 4.30. The average Bonchev–Trinajstić information content (AvgIpc) is 2.96.